The van der Waals surface area contributed by atoms with E-state index in [4.69, 9.17) is 0 Å². The number of hydrogen-bond acceptors (Lipinski definition) is 4. The number of carbonyl (C=O) groups is 1. The Morgan fingerprint density at radius 3 is 2.56 bits per heavy atom. The smallest absolute Gasteiger partial charge is 0.256 e. The van der Waals surface area contributed by atoms with Crippen LogP contribution in [0.15, 0.2) is 56.8 Å². The second kappa shape index (κ2) is 8.94. The van der Waals surface area contributed by atoms with E-state index in [0.717, 1.165) is 40.4 Å². The molecule has 1 fully saturated rings. The number of carbonyl (C=O) groups excluding carboxylic acids is 1. The Hall–Kier alpha value is -2.49. The molecule has 7 nitrogen and oxygen atoms in total. The van der Waals surface area contributed by atoms with Gasteiger partial charge < -0.3 is 9.88 Å². The van der Waals surface area contributed by atoms with Gasteiger partial charge in [0.05, 0.1) is 10.4 Å². The Morgan fingerprint density at radius 2 is 1.85 bits per heavy atom. The maximum atomic E-state index is 13.1. The van der Waals surface area contributed by atoms with Crippen molar-refractivity contribution in [1.82, 2.24) is 14.2 Å². The lowest BCUT2D eigenvalue weighted by molar-refractivity contribution is 0.0952. The van der Waals surface area contributed by atoms with Crippen LogP contribution in [-0.4, -0.2) is 42.8 Å². The molecule has 1 atom stereocenters. The summed E-state index contributed by atoms with van der Waals surface area (Å²) < 4.78 is 29.7. The van der Waals surface area contributed by atoms with Gasteiger partial charge in [-0.05, 0) is 68.0 Å². The summed E-state index contributed by atoms with van der Waals surface area (Å²) in [6.07, 6.45) is 4.83. The van der Waals surface area contributed by atoms with Crippen LogP contribution in [0.3, 0.4) is 0 Å². The lowest BCUT2D eigenvalue weighted by atomic mass is 10.1. The minimum Gasteiger partial charge on any atom is -0.352 e. The maximum absolute atomic E-state index is 13.1. The van der Waals surface area contributed by atoms with E-state index in [0.29, 0.717) is 36.3 Å². The zero-order valence-corrected chi connectivity index (χ0v) is 21.3. The van der Waals surface area contributed by atoms with E-state index < -0.39 is 15.9 Å². The molecule has 0 unspecified atom stereocenters. The Balaban J connectivity index is 1.28. The first-order valence-corrected chi connectivity index (χ1v) is 13.7. The molecule has 1 amide bonds. The lowest BCUT2D eigenvalue weighted by Gasteiger charge is -2.15. The van der Waals surface area contributed by atoms with E-state index in [1.54, 1.807) is 36.5 Å². The highest BCUT2D eigenvalue weighted by Gasteiger charge is 2.27. The Morgan fingerprint density at radius 1 is 1.15 bits per heavy atom. The van der Waals surface area contributed by atoms with Gasteiger partial charge in [-0.1, -0.05) is 28.1 Å². The quantitative estimate of drug-likeness (QED) is 0.514. The van der Waals surface area contributed by atoms with Crippen LogP contribution in [0.4, 0.5) is 0 Å². The summed E-state index contributed by atoms with van der Waals surface area (Å²) in [5, 5.41) is 3.40. The van der Waals surface area contributed by atoms with Crippen molar-refractivity contribution in [3.8, 4) is 0 Å². The summed E-state index contributed by atoms with van der Waals surface area (Å²) in [5.41, 5.74) is 2.79. The maximum Gasteiger partial charge on any atom is 0.256 e. The fraction of sp³-hybridized carbons (Fsp3) is 0.360. The molecule has 5 rings (SSSR count). The number of nitrogens with one attached hydrogen (secondary N) is 1. The Kier molecular flexibility index (Phi) is 6.12. The molecule has 0 spiro atoms. The van der Waals surface area contributed by atoms with Gasteiger partial charge in [0, 0.05) is 41.7 Å². The van der Waals surface area contributed by atoms with Crippen molar-refractivity contribution in [3.63, 3.8) is 0 Å². The van der Waals surface area contributed by atoms with Gasteiger partial charge in [-0.3, -0.25) is 9.59 Å². The SMILES string of the molecule is C[C@@H]1Cc2cc(Br)cc3c(=O)c(C(=O)NCCc4ccc(S(=O)(=O)N5CCCC5)cc4)cn1c23. The molecule has 0 bridgehead atoms. The minimum absolute atomic E-state index is 0.136. The molecule has 0 saturated carbocycles. The van der Waals surface area contributed by atoms with Crippen LogP contribution in [0, 0.1) is 0 Å². The minimum atomic E-state index is -3.44. The Bertz CT molecular complexity index is 1440. The molecule has 1 aromatic heterocycles. The van der Waals surface area contributed by atoms with E-state index in [1.807, 2.05) is 10.6 Å². The standard InChI is InChI=1S/C25H26BrN3O4S/c1-16-12-18-13-19(26)14-21-23(18)29(16)15-22(24(21)30)25(31)27-9-8-17-4-6-20(7-5-17)34(32,33)28-10-2-3-11-28/h4-7,13-16H,2-3,8-12H2,1H3,(H,27,31)/t16-/m1/s1. The molecule has 34 heavy (non-hydrogen) atoms. The van der Waals surface area contributed by atoms with Gasteiger partial charge in [0.2, 0.25) is 15.5 Å². The first-order valence-electron chi connectivity index (χ1n) is 11.5. The van der Waals surface area contributed by atoms with Crippen molar-refractivity contribution in [2.24, 2.45) is 0 Å². The lowest BCUT2D eigenvalue weighted by Crippen LogP contribution is -2.31. The van der Waals surface area contributed by atoms with Crippen molar-refractivity contribution in [1.29, 1.82) is 0 Å². The topological polar surface area (TPSA) is 88.5 Å². The molecule has 2 aliphatic heterocycles. The summed E-state index contributed by atoms with van der Waals surface area (Å²) in [6, 6.07) is 10.8. The van der Waals surface area contributed by atoms with Crippen LogP contribution in [0.2, 0.25) is 0 Å². The predicted octanol–water partition coefficient (Wildman–Crippen LogP) is 3.64. The predicted molar refractivity (Wildman–Crippen MR) is 135 cm³/mol. The fourth-order valence-corrected chi connectivity index (χ4v) is 6.97. The largest absolute Gasteiger partial charge is 0.352 e. The molecule has 0 radical (unpaired) electrons. The second-order valence-electron chi connectivity index (χ2n) is 9.05. The number of rotatable bonds is 6. The highest BCUT2D eigenvalue weighted by Crippen LogP contribution is 2.33. The van der Waals surface area contributed by atoms with E-state index in [2.05, 4.69) is 28.2 Å². The van der Waals surface area contributed by atoms with Gasteiger partial charge in [0.25, 0.3) is 5.91 Å². The molecule has 3 aromatic rings. The van der Waals surface area contributed by atoms with Crippen LogP contribution in [-0.2, 0) is 22.9 Å². The third-order valence-corrected chi connectivity index (χ3v) is 9.10. The van der Waals surface area contributed by atoms with Gasteiger partial charge in [0.15, 0.2) is 0 Å². The van der Waals surface area contributed by atoms with Crippen molar-refractivity contribution in [2.45, 2.75) is 43.5 Å². The van der Waals surface area contributed by atoms with E-state index in [1.165, 1.54) is 4.31 Å². The van der Waals surface area contributed by atoms with Crippen LogP contribution < -0.4 is 10.7 Å². The molecule has 1 N–H and O–H groups in total. The van der Waals surface area contributed by atoms with Gasteiger partial charge in [-0.2, -0.15) is 4.31 Å². The first-order chi connectivity index (χ1) is 16.3. The average Bonchev–Trinajstić information content (AvgIpc) is 3.45. The van der Waals surface area contributed by atoms with Crippen molar-refractivity contribution < 1.29 is 13.2 Å². The molecule has 2 aliphatic rings. The monoisotopic (exact) mass is 543 g/mol. The third-order valence-electron chi connectivity index (χ3n) is 6.73. The summed E-state index contributed by atoms with van der Waals surface area (Å²) in [7, 11) is -3.44. The number of nitrogens with zero attached hydrogens (tertiary/aromatic N) is 2. The van der Waals surface area contributed by atoms with Gasteiger partial charge in [-0.15, -0.1) is 0 Å². The average molecular weight is 544 g/mol. The molecular weight excluding hydrogens is 518 g/mol. The summed E-state index contributed by atoms with van der Waals surface area (Å²) in [4.78, 5) is 26.3. The molecule has 1 saturated heterocycles. The highest BCUT2D eigenvalue weighted by atomic mass is 79.9. The number of hydrogen-bond donors (Lipinski definition) is 1. The first kappa shape index (κ1) is 23.3. The normalized spacial score (nSPS) is 18.0. The number of benzene rings is 2. The van der Waals surface area contributed by atoms with Gasteiger partial charge in [-0.25, -0.2) is 8.42 Å². The van der Waals surface area contributed by atoms with Gasteiger partial charge >= 0.3 is 0 Å². The number of amides is 1. The highest BCUT2D eigenvalue weighted by molar-refractivity contribution is 9.10. The zero-order chi connectivity index (χ0) is 24.0. The second-order valence-corrected chi connectivity index (χ2v) is 11.9. The third kappa shape index (κ3) is 4.10. The van der Waals surface area contributed by atoms with Gasteiger partial charge in [0.1, 0.15) is 5.56 Å². The molecular formula is C25H26BrN3O4S. The van der Waals surface area contributed by atoms with E-state index in [-0.39, 0.29) is 17.0 Å². The van der Waals surface area contributed by atoms with E-state index in [9.17, 15) is 18.0 Å². The number of sulfonamides is 1. The van der Waals surface area contributed by atoms with Crippen molar-refractivity contribution in [3.05, 3.63) is 74.0 Å². The van der Waals surface area contributed by atoms with Crippen LogP contribution in [0.1, 0.15) is 47.3 Å². The van der Waals surface area contributed by atoms with Crippen LogP contribution in [0.25, 0.3) is 10.9 Å². The zero-order valence-electron chi connectivity index (χ0n) is 18.9. The molecule has 0 aliphatic carbocycles. The molecule has 3 heterocycles. The molecule has 2 aromatic carbocycles. The summed E-state index contributed by atoms with van der Waals surface area (Å²) >= 11 is 3.48. The number of aromatic nitrogens is 1. The van der Waals surface area contributed by atoms with Crippen molar-refractivity contribution in [2.75, 3.05) is 19.6 Å². The number of halogens is 1. The fourth-order valence-electron chi connectivity index (χ4n) is 4.94. The van der Waals surface area contributed by atoms with Crippen LogP contribution in [0.5, 0.6) is 0 Å². The summed E-state index contributed by atoms with van der Waals surface area (Å²) in [6.45, 7) is 3.56. The summed E-state index contributed by atoms with van der Waals surface area (Å²) in [5.74, 6) is -0.399. The number of pyridine rings is 1. The van der Waals surface area contributed by atoms with E-state index >= 15 is 0 Å². The molecule has 9 heteroatoms. The molecule has 178 valence electrons. The van der Waals surface area contributed by atoms with Crippen LogP contribution >= 0.6 is 15.9 Å². The van der Waals surface area contributed by atoms with Crippen molar-refractivity contribution >= 4 is 42.8 Å². The Labute approximate surface area is 206 Å².